The SMILES string of the molecule is CCOc1ccc(S(=O)(=O)NC(CCS(C)=O)C(=O)O)cc1-c1nn2c(C3CCCC3)nc(C)c2c(=O)[nH]1. The van der Waals surface area contributed by atoms with Crippen molar-refractivity contribution in [2.75, 3.05) is 18.6 Å². The number of aliphatic carboxylic acids is 1. The Labute approximate surface area is 222 Å². The van der Waals surface area contributed by atoms with Crippen LogP contribution in [0, 0.1) is 6.92 Å². The fourth-order valence-corrected chi connectivity index (χ4v) is 6.49. The van der Waals surface area contributed by atoms with E-state index < -0.39 is 38.4 Å². The van der Waals surface area contributed by atoms with Gasteiger partial charge in [-0.2, -0.15) is 4.72 Å². The molecule has 0 bridgehead atoms. The van der Waals surface area contributed by atoms with Crippen molar-refractivity contribution in [3.05, 3.63) is 40.1 Å². The quantitative estimate of drug-likeness (QED) is 0.314. The summed E-state index contributed by atoms with van der Waals surface area (Å²) in [5, 5.41) is 14.1. The number of H-pyrrole nitrogens is 1. The molecule has 1 aromatic carbocycles. The molecule has 2 aromatic heterocycles. The lowest BCUT2D eigenvalue weighted by Crippen LogP contribution is -2.41. The van der Waals surface area contributed by atoms with E-state index in [0.29, 0.717) is 22.8 Å². The molecule has 3 N–H and O–H groups in total. The Bertz CT molecular complexity index is 1540. The van der Waals surface area contributed by atoms with Gasteiger partial charge < -0.3 is 14.8 Å². The molecule has 1 saturated carbocycles. The van der Waals surface area contributed by atoms with Crippen LogP contribution in [0.15, 0.2) is 27.9 Å². The summed E-state index contributed by atoms with van der Waals surface area (Å²) in [5.74, 6) is -0.0987. The van der Waals surface area contributed by atoms with E-state index in [-0.39, 0.29) is 41.0 Å². The average Bonchev–Trinajstić information content (AvgIpc) is 3.50. The number of carboxylic acids is 1. The Kier molecular flexibility index (Phi) is 8.33. The number of aromatic amines is 1. The van der Waals surface area contributed by atoms with Crippen LogP contribution in [0.2, 0.25) is 0 Å². The number of rotatable bonds is 11. The van der Waals surface area contributed by atoms with Crippen LogP contribution in [0.5, 0.6) is 5.75 Å². The second-order valence-electron chi connectivity index (χ2n) is 9.27. The van der Waals surface area contributed by atoms with Crippen LogP contribution in [0.25, 0.3) is 16.9 Å². The Hall–Kier alpha value is -3.10. The zero-order chi connectivity index (χ0) is 27.6. The van der Waals surface area contributed by atoms with Gasteiger partial charge in [-0.25, -0.2) is 17.9 Å². The number of benzene rings is 1. The summed E-state index contributed by atoms with van der Waals surface area (Å²) in [6.07, 6.45) is 5.31. The number of fused-ring (bicyclic) bond motifs is 1. The highest BCUT2D eigenvalue weighted by Crippen LogP contribution is 2.35. The molecule has 206 valence electrons. The highest BCUT2D eigenvalue weighted by molar-refractivity contribution is 7.89. The van der Waals surface area contributed by atoms with Crippen molar-refractivity contribution in [2.45, 2.75) is 62.8 Å². The third-order valence-electron chi connectivity index (χ3n) is 6.53. The summed E-state index contributed by atoms with van der Waals surface area (Å²) in [6.45, 7) is 3.79. The summed E-state index contributed by atoms with van der Waals surface area (Å²) in [7, 11) is -5.60. The van der Waals surface area contributed by atoms with E-state index in [4.69, 9.17) is 4.74 Å². The Morgan fingerprint density at radius 2 is 2.05 bits per heavy atom. The number of hydrogen-bond donors (Lipinski definition) is 3. The van der Waals surface area contributed by atoms with Crippen LogP contribution < -0.4 is 15.0 Å². The minimum atomic E-state index is -4.31. The highest BCUT2D eigenvalue weighted by Gasteiger charge is 2.28. The minimum Gasteiger partial charge on any atom is -0.493 e. The third kappa shape index (κ3) is 5.81. The largest absolute Gasteiger partial charge is 0.493 e. The predicted octanol–water partition coefficient (Wildman–Crippen LogP) is 1.95. The second-order valence-corrected chi connectivity index (χ2v) is 12.5. The van der Waals surface area contributed by atoms with Crippen molar-refractivity contribution in [3.63, 3.8) is 0 Å². The fourth-order valence-electron chi connectivity index (χ4n) is 4.68. The number of sulfonamides is 1. The molecule has 1 aliphatic carbocycles. The van der Waals surface area contributed by atoms with Crippen molar-refractivity contribution in [2.24, 2.45) is 0 Å². The van der Waals surface area contributed by atoms with Gasteiger partial charge in [-0.3, -0.25) is 13.8 Å². The van der Waals surface area contributed by atoms with Crippen LogP contribution >= 0.6 is 0 Å². The number of carbonyl (C=O) groups is 1. The van der Waals surface area contributed by atoms with Gasteiger partial charge in [0, 0.05) is 28.7 Å². The van der Waals surface area contributed by atoms with Crippen LogP contribution in [0.1, 0.15) is 56.5 Å². The second kappa shape index (κ2) is 11.3. The standard InChI is InChI=1S/C24H31N5O7S2/c1-4-36-19-10-9-16(38(34,35)28-18(24(31)32)11-12-37(3)33)13-17(19)21-26-23(30)20-14(2)25-22(29(20)27-21)15-7-5-6-8-15/h9-10,13,15,18,28H,4-8,11-12H2,1-3H3,(H,31,32)(H,26,27,30). The van der Waals surface area contributed by atoms with Crippen molar-refractivity contribution in [1.82, 2.24) is 24.3 Å². The van der Waals surface area contributed by atoms with Gasteiger partial charge in [0.1, 0.15) is 17.6 Å². The molecule has 2 unspecified atom stereocenters. The lowest BCUT2D eigenvalue weighted by Gasteiger charge is -2.16. The van der Waals surface area contributed by atoms with Crippen LogP contribution in [0.4, 0.5) is 0 Å². The molecule has 12 nitrogen and oxygen atoms in total. The van der Waals surface area contributed by atoms with Crippen molar-refractivity contribution < 1.29 is 27.3 Å². The molecular formula is C24H31N5O7S2. The molecule has 38 heavy (non-hydrogen) atoms. The van der Waals surface area contributed by atoms with Gasteiger partial charge in [-0.15, -0.1) is 5.10 Å². The summed E-state index contributed by atoms with van der Waals surface area (Å²) in [6, 6.07) is 2.55. The fraction of sp³-hybridized carbons (Fsp3) is 0.500. The Morgan fingerprint density at radius 3 is 2.68 bits per heavy atom. The van der Waals surface area contributed by atoms with E-state index in [1.54, 1.807) is 18.4 Å². The van der Waals surface area contributed by atoms with Gasteiger partial charge >= 0.3 is 5.97 Å². The summed E-state index contributed by atoms with van der Waals surface area (Å²) in [4.78, 5) is 31.9. The van der Waals surface area contributed by atoms with Gasteiger partial charge in [0.15, 0.2) is 11.3 Å². The lowest BCUT2D eigenvalue weighted by atomic mass is 10.1. The molecular weight excluding hydrogens is 534 g/mol. The molecule has 4 rings (SSSR count). The molecule has 0 amide bonds. The molecule has 0 spiro atoms. The number of carboxylic acid groups (broad SMARTS) is 1. The summed E-state index contributed by atoms with van der Waals surface area (Å²) in [5.41, 5.74) is 0.692. The minimum absolute atomic E-state index is 0.0207. The molecule has 1 aliphatic rings. The average molecular weight is 566 g/mol. The molecule has 2 atom stereocenters. The van der Waals surface area contributed by atoms with E-state index in [2.05, 4.69) is 19.8 Å². The summed E-state index contributed by atoms with van der Waals surface area (Å²) < 4.78 is 47.2. The maximum Gasteiger partial charge on any atom is 0.321 e. The molecule has 0 radical (unpaired) electrons. The van der Waals surface area contributed by atoms with Crippen LogP contribution in [-0.2, 0) is 25.6 Å². The smallest absolute Gasteiger partial charge is 0.321 e. The Morgan fingerprint density at radius 1 is 1.34 bits per heavy atom. The predicted molar refractivity (Wildman–Crippen MR) is 141 cm³/mol. The summed E-state index contributed by atoms with van der Waals surface area (Å²) >= 11 is 0. The maximum atomic E-state index is 13.2. The van der Waals surface area contributed by atoms with E-state index in [1.165, 1.54) is 24.5 Å². The number of nitrogens with one attached hydrogen (secondary N) is 2. The molecule has 14 heteroatoms. The first-order chi connectivity index (χ1) is 18.0. The van der Waals surface area contributed by atoms with E-state index in [0.717, 1.165) is 25.7 Å². The lowest BCUT2D eigenvalue weighted by molar-refractivity contribution is -0.139. The first-order valence-corrected chi connectivity index (χ1v) is 15.5. The number of aryl methyl sites for hydroxylation is 1. The zero-order valence-electron chi connectivity index (χ0n) is 21.4. The van der Waals surface area contributed by atoms with Crippen LogP contribution in [-0.4, -0.2) is 67.9 Å². The van der Waals surface area contributed by atoms with Crippen molar-refractivity contribution in [1.29, 1.82) is 0 Å². The third-order valence-corrected chi connectivity index (χ3v) is 8.81. The first-order valence-electron chi connectivity index (χ1n) is 12.3. The topological polar surface area (TPSA) is 173 Å². The number of hydrogen-bond acceptors (Lipinski definition) is 8. The molecule has 1 fully saturated rings. The molecule has 0 aliphatic heterocycles. The van der Waals surface area contributed by atoms with Gasteiger partial charge in [-0.05, 0) is 51.3 Å². The maximum absolute atomic E-state index is 13.2. The monoisotopic (exact) mass is 565 g/mol. The van der Waals surface area contributed by atoms with Crippen molar-refractivity contribution in [3.8, 4) is 17.1 Å². The highest BCUT2D eigenvalue weighted by atomic mass is 32.2. The van der Waals surface area contributed by atoms with E-state index in [1.807, 2.05) is 0 Å². The van der Waals surface area contributed by atoms with Crippen molar-refractivity contribution >= 4 is 32.3 Å². The van der Waals surface area contributed by atoms with E-state index in [9.17, 15) is 27.3 Å². The molecule has 0 saturated heterocycles. The first kappa shape index (κ1) is 27.9. The number of ether oxygens (including phenoxy) is 1. The molecule has 2 heterocycles. The Balaban J connectivity index is 1.80. The van der Waals surface area contributed by atoms with Gasteiger partial charge in [0.05, 0.1) is 22.8 Å². The van der Waals surface area contributed by atoms with Gasteiger partial charge in [-0.1, -0.05) is 12.8 Å². The number of nitrogens with zero attached hydrogens (tertiary/aromatic N) is 3. The van der Waals surface area contributed by atoms with E-state index >= 15 is 0 Å². The van der Waals surface area contributed by atoms with Crippen LogP contribution in [0.3, 0.4) is 0 Å². The number of aromatic nitrogens is 4. The molecule has 3 aromatic rings. The van der Waals surface area contributed by atoms with Gasteiger partial charge in [0.2, 0.25) is 10.0 Å². The normalized spacial score (nSPS) is 16.1. The van der Waals surface area contributed by atoms with Gasteiger partial charge in [0.25, 0.3) is 5.56 Å². The number of imidazole rings is 1. The zero-order valence-corrected chi connectivity index (χ0v) is 23.0.